The molecular weight excluding hydrogens is 412 g/mol. The highest BCUT2D eigenvalue weighted by atomic mass is 16.2. The zero-order chi connectivity index (χ0) is 23.5. The summed E-state index contributed by atoms with van der Waals surface area (Å²) in [5.74, 6) is -0.308. The molecule has 0 atom stereocenters. The van der Waals surface area contributed by atoms with Gasteiger partial charge in [0.05, 0.1) is 6.54 Å². The summed E-state index contributed by atoms with van der Waals surface area (Å²) in [5.41, 5.74) is 6.46. The van der Waals surface area contributed by atoms with Crippen molar-refractivity contribution in [1.29, 1.82) is 0 Å². The first-order chi connectivity index (χ1) is 15.9. The lowest BCUT2D eigenvalue weighted by molar-refractivity contribution is -0.123. The van der Waals surface area contributed by atoms with Gasteiger partial charge in [0, 0.05) is 35.9 Å². The Labute approximate surface area is 195 Å². The molecule has 2 heterocycles. The van der Waals surface area contributed by atoms with Crippen LogP contribution in [0.3, 0.4) is 0 Å². The highest BCUT2D eigenvalue weighted by Gasteiger charge is 2.33. The van der Waals surface area contributed by atoms with Crippen LogP contribution in [0.15, 0.2) is 66.4 Å². The maximum absolute atomic E-state index is 12.9. The van der Waals surface area contributed by atoms with Gasteiger partial charge in [0.1, 0.15) is 5.70 Å². The maximum Gasteiger partial charge on any atom is 0.329 e. The molecule has 1 aromatic heterocycles. The average molecular weight is 443 g/mol. The van der Waals surface area contributed by atoms with E-state index in [1.165, 1.54) is 10.6 Å². The van der Waals surface area contributed by atoms with E-state index in [2.05, 4.69) is 52.9 Å². The zero-order valence-electron chi connectivity index (χ0n) is 19.6. The molecule has 170 valence electrons. The molecule has 3 amide bonds. The molecule has 1 fully saturated rings. The molecule has 6 nitrogen and oxygen atoms in total. The number of hydrogen-bond acceptors (Lipinski definition) is 3. The van der Waals surface area contributed by atoms with Crippen molar-refractivity contribution >= 4 is 23.7 Å². The van der Waals surface area contributed by atoms with Gasteiger partial charge in [0.25, 0.3) is 5.91 Å². The molecule has 0 bridgehead atoms. The summed E-state index contributed by atoms with van der Waals surface area (Å²) < 4.78 is 2.17. The summed E-state index contributed by atoms with van der Waals surface area (Å²) in [4.78, 5) is 28.9. The number of amides is 3. The summed E-state index contributed by atoms with van der Waals surface area (Å²) in [7, 11) is 0. The Morgan fingerprint density at radius 1 is 0.939 bits per heavy atom. The summed E-state index contributed by atoms with van der Waals surface area (Å²) >= 11 is 0. The molecule has 0 unspecified atom stereocenters. The van der Waals surface area contributed by atoms with Gasteiger partial charge in [-0.3, -0.25) is 9.69 Å². The molecule has 33 heavy (non-hydrogen) atoms. The summed E-state index contributed by atoms with van der Waals surface area (Å²) in [5, 5.41) is 2.73. The molecule has 1 aliphatic heterocycles. The number of benzene rings is 2. The molecule has 0 spiro atoms. The minimum Gasteiger partial charge on any atom is -0.372 e. The molecule has 1 saturated heterocycles. The van der Waals surface area contributed by atoms with Crippen LogP contribution in [-0.2, 0) is 11.3 Å². The topological polar surface area (TPSA) is 57.6 Å². The van der Waals surface area contributed by atoms with Crippen LogP contribution < -0.4 is 10.2 Å². The molecule has 0 aliphatic carbocycles. The smallest absolute Gasteiger partial charge is 0.329 e. The number of imide groups is 1. The normalized spacial score (nSPS) is 14.8. The van der Waals surface area contributed by atoms with E-state index in [4.69, 9.17) is 0 Å². The molecule has 2 aromatic carbocycles. The van der Waals surface area contributed by atoms with Crippen LogP contribution in [0.1, 0.15) is 36.4 Å². The van der Waals surface area contributed by atoms with Crippen LogP contribution in [0, 0.1) is 13.8 Å². The van der Waals surface area contributed by atoms with Crippen molar-refractivity contribution in [2.75, 3.05) is 18.0 Å². The standard InChI is InChI=1S/C27H30N4O2/c1-5-29(6-2)23-12-14-24(15-13-23)31-19(3)16-22(20(31)4)17-25-26(32)30(27(33)28-25)18-21-10-8-7-9-11-21/h7-17H,5-6,18H2,1-4H3,(H,28,33)/b25-17+. The Kier molecular flexibility index (Phi) is 6.36. The van der Waals surface area contributed by atoms with Gasteiger partial charge in [-0.1, -0.05) is 30.3 Å². The van der Waals surface area contributed by atoms with E-state index in [0.29, 0.717) is 5.70 Å². The van der Waals surface area contributed by atoms with Gasteiger partial charge < -0.3 is 14.8 Å². The van der Waals surface area contributed by atoms with Crippen molar-refractivity contribution in [3.05, 3.63) is 88.9 Å². The second-order valence-electron chi connectivity index (χ2n) is 8.22. The number of aromatic nitrogens is 1. The third-order valence-corrected chi connectivity index (χ3v) is 6.15. The van der Waals surface area contributed by atoms with E-state index in [0.717, 1.165) is 41.3 Å². The van der Waals surface area contributed by atoms with Crippen LogP contribution >= 0.6 is 0 Å². The second-order valence-corrected chi connectivity index (χ2v) is 8.22. The zero-order valence-corrected chi connectivity index (χ0v) is 19.6. The largest absolute Gasteiger partial charge is 0.372 e. The summed E-state index contributed by atoms with van der Waals surface area (Å²) in [6.07, 6.45) is 1.77. The number of carbonyl (C=O) groups is 2. The second kappa shape index (κ2) is 9.36. The predicted molar refractivity (Wildman–Crippen MR) is 132 cm³/mol. The number of carbonyl (C=O) groups excluding carboxylic acids is 2. The first kappa shape index (κ1) is 22.4. The Hall–Kier alpha value is -3.80. The van der Waals surface area contributed by atoms with Crippen molar-refractivity contribution in [1.82, 2.24) is 14.8 Å². The predicted octanol–water partition coefficient (Wildman–Crippen LogP) is 5.03. The van der Waals surface area contributed by atoms with Crippen molar-refractivity contribution in [3.63, 3.8) is 0 Å². The number of aryl methyl sites for hydroxylation is 1. The highest BCUT2D eigenvalue weighted by molar-refractivity contribution is 6.14. The van der Waals surface area contributed by atoms with Gasteiger partial charge in [-0.2, -0.15) is 0 Å². The third-order valence-electron chi connectivity index (χ3n) is 6.15. The van der Waals surface area contributed by atoms with Gasteiger partial charge in [-0.25, -0.2) is 4.79 Å². The van der Waals surface area contributed by atoms with E-state index in [-0.39, 0.29) is 12.5 Å². The Morgan fingerprint density at radius 3 is 2.24 bits per heavy atom. The van der Waals surface area contributed by atoms with Crippen LogP contribution in [0.25, 0.3) is 11.8 Å². The van der Waals surface area contributed by atoms with Crippen LogP contribution in [-0.4, -0.2) is 34.5 Å². The van der Waals surface area contributed by atoms with Crippen LogP contribution in [0.4, 0.5) is 10.5 Å². The fourth-order valence-electron chi connectivity index (χ4n) is 4.37. The SMILES string of the molecule is CCN(CC)c1ccc(-n2c(C)cc(/C=C3/NC(=O)N(Cc4ccccc4)C3=O)c2C)cc1. The molecule has 0 saturated carbocycles. The van der Waals surface area contributed by atoms with E-state index in [1.54, 1.807) is 6.08 Å². The minimum atomic E-state index is -0.393. The number of rotatable bonds is 7. The van der Waals surface area contributed by atoms with Crippen LogP contribution in [0.2, 0.25) is 0 Å². The lowest BCUT2D eigenvalue weighted by Crippen LogP contribution is -2.30. The van der Waals surface area contributed by atoms with Gasteiger partial charge in [0.2, 0.25) is 0 Å². The molecular formula is C27H30N4O2. The van der Waals surface area contributed by atoms with Crippen LogP contribution in [0.5, 0.6) is 0 Å². The van der Waals surface area contributed by atoms with Crippen molar-refractivity contribution in [3.8, 4) is 5.69 Å². The lowest BCUT2D eigenvalue weighted by Gasteiger charge is -2.21. The van der Waals surface area contributed by atoms with E-state index in [1.807, 2.05) is 50.2 Å². The molecule has 1 N–H and O–H groups in total. The van der Waals surface area contributed by atoms with Crippen molar-refractivity contribution < 1.29 is 9.59 Å². The quantitative estimate of drug-likeness (QED) is 0.412. The van der Waals surface area contributed by atoms with Gasteiger partial charge in [-0.05, 0) is 75.2 Å². The third kappa shape index (κ3) is 4.42. The highest BCUT2D eigenvalue weighted by Crippen LogP contribution is 2.26. The van der Waals surface area contributed by atoms with Gasteiger partial charge in [-0.15, -0.1) is 0 Å². The lowest BCUT2D eigenvalue weighted by atomic mass is 10.2. The molecule has 0 radical (unpaired) electrons. The number of nitrogens with one attached hydrogen (secondary N) is 1. The fraction of sp³-hybridized carbons (Fsp3) is 0.259. The molecule has 3 aromatic rings. The van der Waals surface area contributed by atoms with Gasteiger partial charge in [0.15, 0.2) is 0 Å². The van der Waals surface area contributed by atoms with E-state index >= 15 is 0 Å². The van der Waals surface area contributed by atoms with Crippen molar-refractivity contribution in [2.45, 2.75) is 34.2 Å². The first-order valence-electron chi connectivity index (χ1n) is 11.4. The van der Waals surface area contributed by atoms with E-state index < -0.39 is 6.03 Å². The number of anilines is 1. The maximum atomic E-state index is 12.9. The Balaban J connectivity index is 1.59. The first-order valence-corrected chi connectivity index (χ1v) is 11.4. The summed E-state index contributed by atoms with van der Waals surface area (Å²) in [6.45, 7) is 10.6. The molecule has 6 heteroatoms. The molecule has 1 aliphatic rings. The monoisotopic (exact) mass is 442 g/mol. The van der Waals surface area contributed by atoms with Crippen molar-refractivity contribution in [2.24, 2.45) is 0 Å². The Bertz CT molecular complexity index is 1190. The number of hydrogen-bond donors (Lipinski definition) is 1. The van der Waals surface area contributed by atoms with E-state index in [9.17, 15) is 9.59 Å². The van der Waals surface area contributed by atoms with Gasteiger partial charge >= 0.3 is 6.03 Å². The number of urea groups is 1. The number of nitrogens with zero attached hydrogens (tertiary/aromatic N) is 3. The average Bonchev–Trinajstić information content (AvgIpc) is 3.25. The summed E-state index contributed by atoms with van der Waals surface area (Å²) in [6, 6.07) is 19.7. The minimum absolute atomic E-state index is 0.251. The molecule has 4 rings (SSSR count). The fourth-order valence-corrected chi connectivity index (χ4v) is 4.37. The Morgan fingerprint density at radius 2 is 1.61 bits per heavy atom.